The third-order valence-corrected chi connectivity index (χ3v) is 3.98. The van der Waals surface area contributed by atoms with Crippen LogP contribution in [0.3, 0.4) is 0 Å². The molecule has 0 radical (unpaired) electrons. The van der Waals surface area contributed by atoms with E-state index in [0.29, 0.717) is 17.3 Å². The molecule has 6 nitrogen and oxygen atoms in total. The highest BCUT2D eigenvalue weighted by molar-refractivity contribution is 6.00. The maximum absolute atomic E-state index is 12.5. The Hall–Kier alpha value is -2.50. The van der Waals surface area contributed by atoms with Crippen LogP contribution in [-0.4, -0.2) is 17.9 Å². The van der Waals surface area contributed by atoms with Crippen molar-refractivity contribution in [2.75, 3.05) is 12.1 Å². The molecule has 0 saturated heterocycles. The summed E-state index contributed by atoms with van der Waals surface area (Å²) >= 11 is 0. The molecule has 4 rings (SSSR count). The molecule has 2 heterocycles. The van der Waals surface area contributed by atoms with Crippen LogP contribution in [0.2, 0.25) is 0 Å². The highest BCUT2D eigenvalue weighted by Gasteiger charge is 2.51. The lowest BCUT2D eigenvalue weighted by Gasteiger charge is -2.15. The molecule has 1 fully saturated rings. The number of rotatable bonds is 3. The van der Waals surface area contributed by atoms with Gasteiger partial charge in [-0.05, 0) is 37.5 Å². The highest BCUT2D eigenvalue weighted by Crippen LogP contribution is 2.51. The number of aromatic nitrogens is 1. The number of hydrogen-bond acceptors (Lipinski definition) is 5. The number of benzene rings is 1. The van der Waals surface area contributed by atoms with E-state index in [1.54, 1.807) is 13.0 Å². The quantitative estimate of drug-likeness (QED) is 0.937. The Morgan fingerprint density at radius 1 is 1.24 bits per heavy atom. The van der Waals surface area contributed by atoms with Gasteiger partial charge in [0.1, 0.15) is 5.76 Å². The first kappa shape index (κ1) is 12.3. The lowest BCUT2D eigenvalue weighted by Crippen LogP contribution is -2.27. The molecule has 2 aliphatic rings. The molecule has 108 valence electrons. The van der Waals surface area contributed by atoms with E-state index in [0.717, 1.165) is 24.2 Å². The second kappa shape index (κ2) is 4.25. The molecule has 1 aromatic carbocycles. The summed E-state index contributed by atoms with van der Waals surface area (Å²) in [5, 5.41) is 6.61. The monoisotopic (exact) mass is 286 g/mol. The fraction of sp³-hybridized carbons (Fsp3) is 0.333. The van der Waals surface area contributed by atoms with Gasteiger partial charge < -0.3 is 19.3 Å². The van der Waals surface area contributed by atoms with Crippen LogP contribution in [0.25, 0.3) is 0 Å². The normalized spacial score (nSPS) is 17.6. The van der Waals surface area contributed by atoms with E-state index in [1.165, 1.54) is 0 Å². The standard InChI is InChI=1S/C15H14N2O4/c1-9-6-13(17-21-9)16-14(18)15(4-5-15)10-2-3-11-12(7-10)20-8-19-11/h2-3,6-7H,4-5,8H2,1H3,(H,16,17,18). The zero-order valence-corrected chi connectivity index (χ0v) is 11.5. The second-order valence-electron chi connectivity index (χ2n) is 5.43. The van der Waals surface area contributed by atoms with Crippen molar-refractivity contribution in [2.24, 2.45) is 0 Å². The fourth-order valence-electron chi connectivity index (χ4n) is 2.63. The topological polar surface area (TPSA) is 73.6 Å². The van der Waals surface area contributed by atoms with E-state index in [-0.39, 0.29) is 12.7 Å². The molecule has 0 spiro atoms. The van der Waals surface area contributed by atoms with Gasteiger partial charge in [0, 0.05) is 6.07 Å². The van der Waals surface area contributed by atoms with Gasteiger partial charge in [-0.3, -0.25) is 4.79 Å². The molecule has 2 aromatic rings. The molecule has 21 heavy (non-hydrogen) atoms. The predicted octanol–water partition coefficient (Wildman–Crippen LogP) is 2.38. The van der Waals surface area contributed by atoms with Crippen LogP contribution in [0.4, 0.5) is 5.82 Å². The number of amides is 1. The Bertz CT molecular complexity index is 718. The molecule has 1 aromatic heterocycles. The summed E-state index contributed by atoms with van der Waals surface area (Å²) in [6.45, 7) is 2.02. The largest absolute Gasteiger partial charge is 0.454 e. The Morgan fingerprint density at radius 3 is 2.76 bits per heavy atom. The smallest absolute Gasteiger partial charge is 0.236 e. The molecule has 1 aliphatic heterocycles. The Morgan fingerprint density at radius 2 is 2.05 bits per heavy atom. The molecule has 0 bridgehead atoms. The van der Waals surface area contributed by atoms with Gasteiger partial charge in [0.25, 0.3) is 0 Å². The fourth-order valence-corrected chi connectivity index (χ4v) is 2.63. The molecular weight excluding hydrogens is 272 g/mol. The van der Waals surface area contributed by atoms with Gasteiger partial charge in [-0.1, -0.05) is 11.2 Å². The summed E-state index contributed by atoms with van der Waals surface area (Å²) in [6, 6.07) is 7.37. The van der Waals surface area contributed by atoms with E-state index >= 15 is 0 Å². The van der Waals surface area contributed by atoms with Gasteiger partial charge in [-0.15, -0.1) is 0 Å². The van der Waals surface area contributed by atoms with Gasteiger partial charge in [0.2, 0.25) is 12.7 Å². The first-order valence-corrected chi connectivity index (χ1v) is 6.82. The van der Waals surface area contributed by atoms with Gasteiger partial charge in [0.05, 0.1) is 5.41 Å². The van der Waals surface area contributed by atoms with Crippen molar-refractivity contribution < 1.29 is 18.8 Å². The molecule has 1 amide bonds. The third kappa shape index (κ3) is 1.94. The van der Waals surface area contributed by atoms with E-state index in [2.05, 4.69) is 10.5 Å². The molecule has 1 N–H and O–H groups in total. The number of fused-ring (bicyclic) bond motifs is 1. The number of nitrogens with zero attached hydrogens (tertiary/aromatic N) is 1. The zero-order valence-electron chi connectivity index (χ0n) is 11.5. The summed E-state index contributed by atoms with van der Waals surface area (Å²) in [4.78, 5) is 12.5. The van der Waals surface area contributed by atoms with E-state index in [4.69, 9.17) is 14.0 Å². The zero-order chi connectivity index (χ0) is 14.4. The van der Waals surface area contributed by atoms with Crippen molar-refractivity contribution >= 4 is 11.7 Å². The number of ether oxygens (including phenoxy) is 2. The van der Waals surface area contributed by atoms with Crippen LogP contribution in [-0.2, 0) is 10.2 Å². The number of aryl methyl sites for hydroxylation is 1. The maximum atomic E-state index is 12.5. The van der Waals surface area contributed by atoms with E-state index in [1.807, 2.05) is 18.2 Å². The lowest BCUT2D eigenvalue weighted by atomic mass is 9.94. The lowest BCUT2D eigenvalue weighted by molar-refractivity contribution is -0.118. The number of hydrogen-bond donors (Lipinski definition) is 1. The van der Waals surface area contributed by atoms with Gasteiger partial charge in [-0.2, -0.15) is 0 Å². The van der Waals surface area contributed by atoms with Crippen LogP contribution in [0.15, 0.2) is 28.8 Å². The first-order valence-electron chi connectivity index (χ1n) is 6.82. The summed E-state index contributed by atoms with van der Waals surface area (Å²) in [5.41, 5.74) is 0.456. The van der Waals surface area contributed by atoms with Crippen molar-refractivity contribution in [3.8, 4) is 11.5 Å². The van der Waals surface area contributed by atoms with Crippen molar-refractivity contribution in [1.29, 1.82) is 0 Å². The van der Waals surface area contributed by atoms with E-state index < -0.39 is 5.41 Å². The van der Waals surface area contributed by atoms with Gasteiger partial charge in [-0.25, -0.2) is 0 Å². The highest BCUT2D eigenvalue weighted by atomic mass is 16.7. The Balaban J connectivity index is 1.60. The summed E-state index contributed by atoms with van der Waals surface area (Å²) in [7, 11) is 0. The number of carbonyl (C=O) groups excluding carboxylic acids is 1. The summed E-state index contributed by atoms with van der Waals surface area (Å²) < 4.78 is 15.6. The van der Waals surface area contributed by atoms with Crippen molar-refractivity contribution in [2.45, 2.75) is 25.2 Å². The minimum Gasteiger partial charge on any atom is -0.454 e. The SMILES string of the molecule is Cc1cc(NC(=O)C2(c3ccc4c(c3)OCO4)CC2)no1. The molecule has 0 atom stereocenters. The molecule has 0 unspecified atom stereocenters. The Labute approximate surface area is 121 Å². The average molecular weight is 286 g/mol. The number of nitrogens with one attached hydrogen (secondary N) is 1. The first-order chi connectivity index (χ1) is 10.2. The Kier molecular flexibility index (Phi) is 2.48. The van der Waals surface area contributed by atoms with Crippen LogP contribution >= 0.6 is 0 Å². The molecule has 6 heteroatoms. The maximum Gasteiger partial charge on any atom is 0.236 e. The van der Waals surface area contributed by atoms with Crippen molar-refractivity contribution in [1.82, 2.24) is 5.16 Å². The van der Waals surface area contributed by atoms with Gasteiger partial charge in [0.15, 0.2) is 17.3 Å². The average Bonchev–Trinajstić information content (AvgIpc) is 2.99. The van der Waals surface area contributed by atoms with Crippen LogP contribution in [0.1, 0.15) is 24.2 Å². The predicted molar refractivity (Wildman–Crippen MR) is 73.3 cm³/mol. The number of carbonyl (C=O) groups is 1. The summed E-state index contributed by atoms with van der Waals surface area (Å²) in [6.07, 6.45) is 1.63. The minimum absolute atomic E-state index is 0.0605. The van der Waals surface area contributed by atoms with Crippen LogP contribution in [0.5, 0.6) is 11.5 Å². The molecule has 1 aliphatic carbocycles. The van der Waals surface area contributed by atoms with Crippen LogP contribution in [0, 0.1) is 6.92 Å². The second-order valence-corrected chi connectivity index (χ2v) is 5.43. The molecular formula is C15H14N2O4. The van der Waals surface area contributed by atoms with Crippen molar-refractivity contribution in [3.63, 3.8) is 0 Å². The van der Waals surface area contributed by atoms with Gasteiger partial charge >= 0.3 is 0 Å². The van der Waals surface area contributed by atoms with Crippen molar-refractivity contribution in [3.05, 3.63) is 35.6 Å². The molecule has 1 saturated carbocycles. The van der Waals surface area contributed by atoms with E-state index in [9.17, 15) is 4.79 Å². The third-order valence-electron chi connectivity index (χ3n) is 3.98. The minimum atomic E-state index is -0.492. The summed E-state index contributed by atoms with van der Waals surface area (Å²) in [5.74, 6) is 2.48. The number of anilines is 1. The van der Waals surface area contributed by atoms with Crippen LogP contribution < -0.4 is 14.8 Å².